The molecule has 1 amide bonds. The minimum absolute atomic E-state index is 0.102. The Bertz CT molecular complexity index is 1030. The number of carbonyl (C=O) groups excluding carboxylic acids is 3. The monoisotopic (exact) mass is 543 g/mol. The van der Waals surface area contributed by atoms with Crippen LogP contribution in [0, 0.1) is 34.5 Å². The summed E-state index contributed by atoms with van der Waals surface area (Å²) in [4.78, 5) is 42.5. The number of nitrogens with zero attached hydrogens (tertiary/aromatic N) is 2. The number of rotatable bonds is 8. The van der Waals surface area contributed by atoms with Crippen LogP contribution in [0.25, 0.3) is 0 Å². The van der Waals surface area contributed by atoms with Crippen molar-refractivity contribution >= 4 is 24.1 Å². The zero-order valence-corrected chi connectivity index (χ0v) is 23.7. The summed E-state index contributed by atoms with van der Waals surface area (Å²) in [6.07, 6.45) is 10.4. The highest BCUT2D eigenvalue weighted by Crippen LogP contribution is 2.66. The van der Waals surface area contributed by atoms with Crippen molar-refractivity contribution in [2.24, 2.45) is 39.7 Å². The van der Waals surface area contributed by atoms with E-state index in [9.17, 15) is 19.5 Å². The Labute approximate surface area is 231 Å². The molecule has 1 saturated heterocycles. The molecule has 2 unspecified atom stereocenters. The zero-order chi connectivity index (χ0) is 27.8. The predicted octanol–water partition coefficient (Wildman–Crippen LogP) is 4.19. The molecule has 39 heavy (non-hydrogen) atoms. The summed E-state index contributed by atoms with van der Waals surface area (Å²) in [5.41, 5.74) is 2.52. The summed E-state index contributed by atoms with van der Waals surface area (Å²) < 4.78 is 4.84. The third kappa shape index (κ3) is 5.29. The maximum Gasteiger partial charge on any atom is 0.438 e. The van der Waals surface area contributed by atoms with E-state index in [4.69, 9.17) is 9.57 Å². The molecule has 0 aromatic heterocycles. The molecule has 0 aromatic carbocycles. The maximum absolute atomic E-state index is 12.9. The molecule has 8 atom stereocenters. The lowest BCUT2D eigenvalue weighted by atomic mass is 9.46. The van der Waals surface area contributed by atoms with Crippen LogP contribution < -0.4 is 5.32 Å². The molecule has 5 rings (SSSR count). The van der Waals surface area contributed by atoms with Crippen molar-refractivity contribution in [3.8, 4) is 0 Å². The van der Waals surface area contributed by atoms with Crippen LogP contribution in [0.15, 0.2) is 16.8 Å². The van der Waals surface area contributed by atoms with Crippen molar-refractivity contribution in [2.75, 3.05) is 19.8 Å². The van der Waals surface area contributed by atoms with Crippen molar-refractivity contribution in [1.29, 1.82) is 0 Å². The number of ketones is 1. The molecule has 3 saturated carbocycles. The number of hydrogen-bond acceptors (Lipinski definition) is 8. The van der Waals surface area contributed by atoms with Crippen molar-refractivity contribution in [3.63, 3.8) is 0 Å². The van der Waals surface area contributed by atoms with E-state index in [1.54, 1.807) is 0 Å². The van der Waals surface area contributed by atoms with Gasteiger partial charge in [-0.1, -0.05) is 24.6 Å². The molecule has 1 heterocycles. The summed E-state index contributed by atoms with van der Waals surface area (Å²) in [6.45, 7) is 7.91. The lowest BCUT2D eigenvalue weighted by Gasteiger charge is -2.58. The number of oxime groups is 1. The molecule has 0 spiro atoms. The Balaban J connectivity index is 1.23. The van der Waals surface area contributed by atoms with Crippen molar-refractivity contribution in [1.82, 2.24) is 10.2 Å². The van der Waals surface area contributed by atoms with E-state index < -0.39 is 12.2 Å². The van der Waals surface area contributed by atoms with Crippen molar-refractivity contribution in [3.05, 3.63) is 11.6 Å². The molecule has 1 aliphatic heterocycles. The van der Waals surface area contributed by atoms with E-state index in [1.807, 2.05) is 13.0 Å². The van der Waals surface area contributed by atoms with Crippen LogP contribution in [0.1, 0.15) is 85.0 Å². The number of aliphatic hydroxyl groups excluding tert-OH is 1. The third-order valence-corrected chi connectivity index (χ3v) is 11.3. The van der Waals surface area contributed by atoms with Gasteiger partial charge in [0, 0.05) is 24.9 Å². The van der Waals surface area contributed by atoms with Gasteiger partial charge in [-0.25, -0.2) is 4.79 Å². The van der Waals surface area contributed by atoms with E-state index >= 15 is 0 Å². The fourth-order valence-electron chi connectivity index (χ4n) is 9.15. The first kappa shape index (κ1) is 28.3. The van der Waals surface area contributed by atoms with Gasteiger partial charge in [-0.2, -0.15) is 0 Å². The van der Waals surface area contributed by atoms with Crippen molar-refractivity contribution in [2.45, 2.75) is 97.1 Å². The number of allylic oxidation sites excluding steroid dienone is 1. The number of nitrogens with one attached hydrogen (secondary N) is 1. The van der Waals surface area contributed by atoms with Gasteiger partial charge < -0.3 is 15.2 Å². The van der Waals surface area contributed by atoms with Gasteiger partial charge in [0.15, 0.2) is 12.5 Å². The van der Waals surface area contributed by atoms with Crippen LogP contribution in [-0.4, -0.2) is 66.0 Å². The average molecular weight is 544 g/mol. The van der Waals surface area contributed by atoms with Crippen LogP contribution >= 0.6 is 0 Å². The van der Waals surface area contributed by atoms with Gasteiger partial charge in [-0.15, -0.1) is 0 Å². The smallest absolute Gasteiger partial charge is 0.438 e. The molecular formula is C30H45N3O6. The summed E-state index contributed by atoms with van der Waals surface area (Å²) in [6, 6.07) is -0.102. The van der Waals surface area contributed by atoms with E-state index in [0.717, 1.165) is 50.8 Å². The van der Waals surface area contributed by atoms with Gasteiger partial charge in [0.2, 0.25) is 0 Å². The lowest BCUT2D eigenvalue weighted by molar-refractivity contribution is -0.132. The molecule has 216 valence electrons. The van der Waals surface area contributed by atoms with Crippen LogP contribution in [-0.2, 0) is 19.2 Å². The number of hydrogen-bond donors (Lipinski definition) is 2. The van der Waals surface area contributed by atoms with Crippen LogP contribution in [0.5, 0.6) is 0 Å². The largest absolute Gasteiger partial charge is 0.446 e. The van der Waals surface area contributed by atoms with Gasteiger partial charge in [-0.3, -0.25) is 19.3 Å². The van der Waals surface area contributed by atoms with Crippen LogP contribution in [0.4, 0.5) is 4.79 Å². The molecule has 0 radical (unpaired) electrons. The topological polar surface area (TPSA) is 118 Å². The highest BCUT2D eigenvalue weighted by molar-refractivity contribution is 5.91. The minimum atomic E-state index is -0.654. The Morgan fingerprint density at radius 1 is 1.18 bits per heavy atom. The first-order chi connectivity index (χ1) is 18.7. The summed E-state index contributed by atoms with van der Waals surface area (Å²) >= 11 is 0. The van der Waals surface area contributed by atoms with Crippen LogP contribution in [0.3, 0.4) is 0 Å². The molecule has 0 aromatic rings. The summed E-state index contributed by atoms with van der Waals surface area (Å²) in [5, 5.41) is 17.6. The first-order valence-corrected chi connectivity index (χ1v) is 14.9. The normalized spacial score (nSPS) is 39.7. The quantitative estimate of drug-likeness (QED) is 0.155. The SMILES string of the molecule is C/C(=N\OC(=O)N(CCC1NCCC1O)COC=O)[C@H]1CC[C@H]2[C@@H]3CCC4=CC(=O)CC[C@]4(C)[C@H]3CC[C@]12C. The number of carbonyl (C=O) groups is 3. The summed E-state index contributed by atoms with van der Waals surface area (Å²) in [7, 11) is 0. The number of aliphatic hydroxyl groups is 1. The fraction of sp³-hybridized carbons (Fsp3) is 0.800. The van der Waals surface area contributed by atoms with Gasteiger partial charge in [0.05, 0.1) is 11.8 Å². The fourth-order valence-corrected chi connectivity index (χ4v) is 9.15. The molecule has 9 nitrogen and oxygen atoms in total. The number of fused-ring (bicyclic) bond motifs is 5. The number of ether oxygens (including phenoxy) is 1. The second-order valence-corrected chi connectivity index (χ2v) is 13.1. The highest BCUT2D eigenvalue weighted by atomic mass is 16.7. The molecule has 9 heteroatoms. The number of amides is 1. The molecule has 5 aliphatic rings. The second kappa shape index (κ2) is 11.3. The Morgan fingerprint density at radius 3 is 2.74 bits per heavy atom. The molecule has 4 aliphatic carbocycles. The van der Waals surface area contributed by atoms with Crippen molar-refractivity contribution < 1.29 is 29.1 Å². The molecule has 2 N–H and O–H groups in total. The lowest BCUT2D eigenvalue weighted by Crippen LogP contribution is -2.51. The zero-order valence-electron chi connectivity index (χ0n) is 23.7. The average Bonchev–Trinajstić information content (AvgIpc) is 3.49. The second-order valence-electron chi connectivity index (χ2n) is 13.1. The van der Waals surface area contributed by atoms with Gasteiger partial charge >= 0.3 is 6.09 Å². The van der Waals surface area contributed by atoms with Crippen LogP contribution in [0.2, 0.25) is 0 Å². The highest BCUT2D eigenvalue weighted by Gasteiger charge is 2.59. The standard InChI is InChI=1S/C30H45N3O6/c1-19(32-39-28(37)33(17-38-18-34)15-11-26-27(36)10-14-31-26)23-6-7-24-22-5-4-20-16-21(35)8-12-29(20,2)25(22)9-13-30(23,24)3/h16,18,22-27,31,36H,4-15,17H2,1-3H3/b32-19+/t22-,23+,24-,25-,26?,27?,29-,30+/m0/s1. The first-order valence-electron chi connectivity index (χ1n) is 14.9. The van der Waals surface area contributed by atoms with E-state index in [1.165, 1.54) is 16.9 Å². The van der Waals surface area contributed by atoms with Gasteiger partial charge in [0.25, 0.3) is 6.47 Å². The van der Waals surface area contributed by atoms with Gasteiger partial charge in [-0.05, 0) is 106 Å². The van der Waals surface area contributed by atoms with E-state index in [2.05, 4.69) is 24.3 Å². The van der Waals surface area contributed by atoms with E-state index in [0.29, 0.717) is 49.3 Å². The minimum Gasteiger partial charge on any atom is -0.446 e. The van der Waals surface area contributed by atoms with Gasteiger partial charge in [0.1, 0.15) is 0 Å². The maximum atomic E-state index is 12.9. The molecular weight excluding hydrogens is 498 g/mol. The summed E-state index contributed by atoms with van der Waals surface area (Å²) in [5.74, 6) is 2.46. The predicted molar refractivity (Wildman–Crippen MR) is 146 cm³/mol. The third-order valence-electron chi connectivity index (χ3n) is 11.3. The van der Waals surface area contributed by atoms with E-state index in [-0.39, 0.29) is 36.1 Å². The molecule has 4 fully saturated rings. The Hall–Kier alpha value is -2.26. The Kier molecular flexibility index (Phi) is 8.20. The molecule has 0 bridgehead atoms. The Morgan fingerprint density at radius 2 is 2.00 bits per heavy atom.